The van der Waals surface area contributed by atoms with Crippen LogP contribution in [0, 0.1) is 0 Å². The Morgan fingerprint density at radius 3 is 2.54 bits per heavy atom. The number of benzene rings is 1. The second-order valence-corrected chi connectivity index (χ2v) is 7.00. The second-order valence-electron chi connectivity index (χ2n) is 6.14. The third kappa shape index (κ3) is 4.82. The minimum absolute atomic E-state index is 0.0667. The van der Waals surface area contributed by atoms with Crippen LogP contribution in [-0.4, -0.2) is 23.0 Å². The minimum Gasteiger partial charge on any atom is -0.349 e. The molecule has 1 aromatic carbocycles. The molecule has 2 rings (SSSR count). The van der Waals surface area contributed by atoms with Gasteiger partial charge in [-0.15, -0.1) is 11.3 Å². The Morgan fingerprint density at radius 1 is 1.27 bits per heavy atom. The van der Waals surface area contributed by atoms with Crippen molar-refractivity contribution >= 4 is 17.2 Å². The molecule has 142 valence electrons. The Bertz CT molecular complexity index is 746. The van der Waals surface area contributed by atoms with Crippen molar-refractivity contribution in [3.63, 3.8) is 0 Å². The van der Waals surface area contributed by atoms with Gasteiger partial charge in [-0.05, 0) is 25.0 Å². The Labute approximate surface area is 154 Å². The summed E-state index contributed by atoms with van der Waals surface area (Å²) >= 11 is 1.22. The van der Waals surface area contributed by atoms with Crippen molar-refractivity contribution in [3.8, 4) is 10.6 Å². The van der Waals surface area contributed by atoms with Gasteiger partial charge in [-0.25, -0.2) is 4.98 Å². The van der Waals surface area contributed by atoms with E-state index in [0.717, 1.165) is 25.0 Å². The number of hydrogen-bond acceptors (Lipinski definition) is 4. The van der Waals surface area contributed by atoms with Crippen LogP contribution >= 0.6 is 11.3 Å². The van der Waals surface area contributed by atoms with E-state index in [-0.39, 0.29) is 12.3 Å². The fourth-order valence-corrected chi connectivity index (χ4v) is 3.44. The fourth-order valence-electron chi connectivity index (χ4n) is 2.62. The van der Waals surface area contributed by atoms with Gasteiger partial charge in [0.05, 0.1) is 23.2 Å². The minimum atomic E-state index is -4.40. The number of hydrogen-bond donors (Lipinski definition) is 2. The first-order valence-corrected chi connectivity index (χ1v) is 9.24. The lowest BCUT2D eigenvalue weighted by Gasteiger charge is -2.31. The molecule has 0 radical (unpaired) electrons. The second kappa shape index (κ2) is 8.18. The molecule has 4 nitrogen and oxygen atoms in total. The molecule has 26 heavy (non-hydrogen) atoms. The maximum atomic E-state index is 12.8. The first-order valence-electron chi connectivity index (χ1n) is 8.36. The molecule has 3 N–H and O–H groups in total. The Morgan fingerprint density at radius 2 is 1.96 bits per heavy atom. The lowest BCUT2D eigenvalue weighted by atomic mass is 9.92. The monoisotopic (exact) mass is 385 g/mol. The van der Waals surface area contributed by atoms with Crippen molar-refractivity contribution in [2.45, 2.75) is 44.8 Å². The number of amides is 1. The summed E-state index contributed by atoms with van der Waals surface area (Å²) in [7, 11) is 0. The molecule has 0 aliphatic heterocycles. The first kappa shape index (κ1) is 20.4. The first-order chi connectivity index (χ1) is 12.2. The zero-order valence-corrected chi connectivity index (χ0v) is 15.5. The highest BCUT2D eigenvalue weighted by molar-refractivity contribution is 7.13. The van der Waals surface area contributed by atoms with Crippen LogP contribution in [0.3, 0.4) is 0 Å². The van der Waals surface area contributed by atoms with Crippen LogP contribution in [0.5, 0.6) is 0 Å². The number of aromatic nitrogens is 1. The quantitative estimate of drug-likeness (QED) is 0.757. The molecular weight excluding hydrogens is 363 g/mol. The molecule has 0 unspecified atom stereocenters. The van der Waals surface area contributed by atoms with E-state index in [1.807, 2.05) is 13.8 Å². The van der Waals surface area contributed by atoms with Crippen LogP contribution in [0.1, 0.15) is 37.9 Å². The maximum Gasteiger partial charge on any atom is 0.416 e. The number of halogens is 3. The normalized spacial score (nSPS) is 12.2. The molecule has 0 bridgehead atoms. The zero-order valence-electron chi connectivity index (χ0n) is 14.7. The van der Waals surface area contributed by atoms with E-state index in [1.165, 1.54) is 17.4 Å². The van der Waals surface area contributed by atoms with Crippen molar-refractivity contribution in [3.05, 3.63) is 40.9 Å². The zero-order chi connectivity index (χ0) is 19.4. The number of rotatable bonds is 7. The highest BCUT2D eigenvalue weighted by Gasteiger charge is 2.30. The SMILES string of the molecule is CCC(CC)(CN)NC(=O)Cc1csc(-c2cccc(C(F)(F)F)c2)n1. The van der Waals surface area contributed by atoms with Crippen molar-refractivity contribution in [1.82, 2.24) is 10.3 Å². The third-order valence-corrected chi connectivity index (χ3v) is 5.42. The van der Waals surface area contributed by atoms with E-state index in [0.29, 0.717) is 22.8 Å². The number of nitrogens with zero attached hydrogens (tertiary/aromatic N) is 1. The number of carbonyl (C=O) groups is 1. The molecule has 0 fully saturated rings. The number of nitrogens with two attached hydrogens (primary N) is 1. The fraction of sp³-hybridized carbons (Fsp3) is 0.444. The number of carbonyl (C=O) groups excluding carboxylic acids is 1. The average molecular weight is 385 g/mol. The van der Waals surface area contributed by atoms with Crippen molar-refractivity contribution < 1.29 is 18.0 Å². The standard InChI is InChI=1S/C18H22F3N3OS/c1-3-17(4-2,11-22)24-15(25)9-14-10-26-16(23-14)12-6-5-7-13(8-12)18(19,20)21/h5-8,10H,3-4,9,11,22H2,1-2H3,(H,24,25). The van der Waals surface area contributed by atoms with E-state index in [4.69, 9.17) is 5.73 Å². The van der Waals surface area contributed by atoms with Crippen LogP contribution in [0.25, 0.3) is 10.6 Å². The molecular formula is C18H22F3N3OS. The lowest BCUT2D eigenvalue weighted by molar-refractivity contribution is -0.137. The van der Waals surface area contributed by atoms with Crippen LogP contribution in [0.4, 0.5) is 13.2 Å². The van der Waals surface area contributed by atoms with Gasteiger partial charge in [0.15, 0.2) is 0 Å². The van der Waals surface area contributed by atoms with Crippen LogP contribution in [-0.2, 0) is 17.4 Å². The Kier molecular flexibility index (Phi) is 6.41. The highest BCUT2D eigenvalue weighted by Crippen LogP contribution is 2.33. The summed E-state index contributed by atoms with van der Waals surface area (Å²) in [5.41, 5.74) is 5.54. The van der Waals surface area contributed by atoms with Crippen molar-refractivity contribution in [2.24, 2.45) is 5.73 Å². The van der Waals surface area contributed by atoms with Gasteiger partial charge in [-0.1, -0.05) is 26.0 Å². The summed E-state index contributed by atoms with van der Waals surface area (Å²) in [6.07, 6.45) is -2.89. The van der Waals surface area contributed by atoms with Gasteiger partial charge < -0.3 is 11.1 Å². The smallest absolute Gasteiger partial charge is 0.349 e. The molecule has 0 aliphatic rings. The Balaban J connectivity index is 2.12. The van der Waals surface area contributed by atoms with E-state index < -0.39 is 17.3 Å². The third-order valence-electron chi connectivity index (χ3n) is 4.48. The van der Waals surface area contributed by atoms with Crippen molar-refractivity contribution in [2.75, 3.05) is 6.54 Å². The predicted octanol–water partition coefficient (Wildman–Crippen LogP) is 4.01. The van der Waals surface area contributed by atoms with E-state index in [9.17, 15) is 18.0 Å². The maximum absolute atomic E-state index is 12.8. The van der Waals surface area contributed by atoms with Gasteiger partial charge in [0.2, 0.25) is 5.91 Å². The van der Waals surface area contributed by atoms with Gasteiger partial charge in [-0.3, -0.25) is 4.79 Å². The molecule has 0 spiro atoms. The van der Waals surface area contributed by atoms with Crippen LogP contribution in [0.2, 0.25) is 0 Å². The summed E-state index contributed by atoms with van der Waals surface area (Å²) in [5.74, 6) is -0.194. The van der Waals surface area contributed by atoms with Crippen LogP contribution < -0.4 is 11.1 Å². The van der Waals surface area contributed by atoms with Crippen molar-refractivity contribution in [1.29, 1.82) is 0 Å². The number of nitrogens with one attached hydrogen (secondary N) is 1. The molecule has 8 heteroatoms. The average Bonchev–Trinajstić information content (AvgIpc) is 3.07. The summed E-state index contributed by atoms with van der Waals surface area (Å²) in [5, 5.41) is 5.10. The molecule has 0 atom stereocenters. The molecule has 0 saturated heterocycles. The lowest BCUT2D eigenvalue weighted by Crippen LogP contribution is -2.53. The number of thiazole rings is 1. The van der Waals surface area contributed by atoms with Gasteiger partial charge in [0, 0.05) is 17.5 Å². The number of alkyl halides is 3. The summed E-state index contributed by atoms with van der Waals surface area (Å²) < 4.78 is 38.5. The van der Waals surface area contributed by atoms with Gasteiger partial charge >= 0.3 is 6.18 Å². The van der Waals surface area contributed by atoms with E-state index in [1.54, 1.807) is 11.4 Å². The van der Waals surface area contributed by atoms with Crippen LogP contribution in [0.15, 0.2) is 29.6 Å². The Hall–Kier alpha value is -1.93. The predicted molar refractivity (Wildman–Crippen MR) is 96.8 cm³/mol. The molecule has 2 aromatic rings. The molecule has 0 aliphatic carbocycles. The largest absolute Gasteiger partial charge is 0.416 e. The molecule has 1 amide bonds. The molecule has 1 aromatic heterocycles. The van der Waals surface area contributed by atoms with E-state index in [2.05, 4.69) is 10.3 Å². The summed E-state index contributed by atoms with van der Waals surface area (Å²) in [6, 6.07) is 5.01. The van der Waals surface area contributed by atoms with Gasteiger partial charge in [0.1, 0.15) is 5.01 Å². The summed E-state index contributed by atoms with van der Waals surface area (Å²) in [4.78, 5) is 16.6. The van der Waals surface area contributed by atoms with Gasteiger partial charge in [-0.2, -0.15) is 13.2 Å². The highest BCUT2D eigenvalue weighted by atomic mass is 32.1. The van der Waals surface area contributed by atoms with E-state index >= 15 is 0 Å². The topological polar surface area (TPSA) is 68.0 Å². The summed E-state index contributed by atoms with van der Waals surface area (Å²) in [6.45, 7) is 4.27. The van der Waals surface area contributed by atoms with Gasteiger partial charge in [0.25, 0.3) is 0 Å². The molecule has 1 heterocycles. The molecule has 0 saturated carbocycles.